The topological polar surface area (TPSA) is 40.6 Å². The highest BCUT2D eigenvalue weighted by Crippen LogP contribution is 2.37. The Kier molecular flexibility index (Phi) is 5.21. The Morgan fingerprint density at radius 1 is 1.04 bits per heavy atom. The molecular formula is C18H13ClF4N2O2. The predicted molar refractivity (Wildman–Crippen MR) is 91.0 cm³/mol. The molecule has 9 heteroatoms. The lowest BCUT2D eigenvalue weighted by Crippen LogP contribution is -2.44. The van der Waals surface area contributed by atoms with Crippen molar-refractivity contribution in [2.75, 3.05) is 18.1 Å². The van der Waals surface area contributed by atoms with E-state index < -0.39 is 42.6 Å². The zero-order chi connectivity index (χ0) is 19.8. The predicted octanol–water partition coefficient (Wildman–Crippen LogP) is 4.03. The van der Waals surface area contributed by atoms with E-state index in [0.717, 1.165) is 17.0 Å². The first-order valence-electron chi connectivity index (χ1n) is 7.84. The summed E-state index contributed by atoms with van der Waals surface area (Å²) >= 11 is 5.88. The lowest BCUT2D eigenvalue weighted by atomic mass is 10.1. The molecular weight excluding hydrogens is 388 g/mol. The van der Waals surface area contributed by atoms with Crippen molar-refractivity contribution < 1.29 is 27.2 Å². The number of ketones is 1. The number of nitrogens with zero attached hydrogens (tertiary/aromatic N) is 2. The maximum Gasteiger partial charge on any atom is 0.401 e. The first-order valence-corrected chi connectivity index (χ1v) is 8.22. The van der Waals surface area contributed by atoms with Crippen LogP contribution in [0.15, 0.2) is 42.5 Å². The van der Waals surface area contributed by atoms with Gasteiger partial charge >= 0.3 is 12.1 Å². The lowest BCUT2D eigenvalue weighted by Gasteiger charge is -2.28. The van der Waals surface area contributed by atoms with Gasteiger partial charge in [0, 0.05) is 6.54 Å². The number of fused-ring (bicyclic) bond motifs is 1. The van der Waals surface area contributed by atoms with Crippen LogP contribution in [0.5, 0.6) is 0 Å². The summed E-state index contributed by atoms with van der Waals surface area (Å²) in [6.45, 7) is -2.09. The summed E-state index contributed by atoms with van der Waals surface area (Å²) in [5.41, 5.74) is -0.141. The van der Waals surface area contributed by atoms with Crippen molar-refractivity contribution in [3.05, 3.63) is 64.4 Å². The van der Waals surface area contributed by atoms with Crippen LogP contribution in [-0.4, -0.2) is 36.0 Å². The first-order chi connectivity index (χ1) is 12.7. The molecule has 4 nitrogen and oxygen atoms in total. The zero-order valence-corrected chi connectivity index (χ0v) is 14.5. The molecule has 0 saturated heterocycles. The summed E-state index contributed by atoms with van der Waals surface area (Å²) in [7, 11) is 0. The molecule has 0 atom stereocenters. The molecule has 27 heavy (non-hydrogen) atoms. The Morgan fingerprint density at radius 3 is 2.33 bits per heavy atom. The Balaban J connectivity index is 1.93. The fraction of sp³-hybridized carbons (Fsp3) is 0.222. The minimum atomic E-state index is -4.54. The van der Waals surface area contributed by atoms with E-state index in [0.29, 0.717) is 10.5 Å². The van der Waals surface area contributed by atoms with E-state index in [1.807, 2.05) is 0 Å². The van der Waals surface area contributed by atoms with Crippen molar-refractivity contribution in [3.63, 3.8) is 0 Å². The zero-order valence-electron chi connectivity index (χ0n) is 13.8. The standard InChI is InChI=1S/C18H13ClF4N2O2/c19-12-6-7-13(20)15-14(12)16(26)17(27)25(15)10-24(9-18(21,22)23)8-11-4-2-1-3-5-11/h1-7H,8-10H2. The molecule has 1 aliphatic rings. The van der Waals surface area contributed by atoms with Gasteiger partial charge < -0.3 is 0 Å². The van der Waals surface area contributed by atoms with Crippen molar-refractivity contribution in [3.8, 4) is 0 Å². The summed E-state index contributed by atoms with van der Waals surface area (Å²) < 4.78 is 53.2. The summed E-state index contributed by atoms with van der Waals surface area (Å²) in [5.74, 6) is -3.06. The number of anilines is 1. The number of hydrogen-bond donors (Lipinski definition) is 0. The number of amides is 1. The van der Waals surface area contributed by atoms with E-state index in [9.17, 15) is 27.2 Å². The second-order valence-corrected chi connectivity index (χ2v) is 6.45. The van der Waals surface area contributed by atoms with Crippen molar-refractivity contribution in [1.82, 2.24) is 4.90 Å². The third-order valence-electron chi connectivity index (χ3n) is 4.01. The van der Waals surface area contributed by atoms with Crippen molar-refractivity contribution in [2.45, 2.75) is 12.7 Å². The van der Waals surface area contributed by atoms with E-state index >= 15 is 0 Å². The summed E-state index contributed by atoms with van der Waals surface area (Å²) in [4.78, 5) is 26.0. The summed E-state index contributed by atoms with van der Waals surface area (Å²) in [6, 6.07) is 10.4. The molecule has 1 aliphatic heterocycles. The average Bonchev–Trinajstić information content (AvgIpc) is 2.84. The second-order valence-electron chi connectivity index (χ2n) is 6.04. The number of halogens is 5. The molecule has 0 aromatic heterocycles. The largest absolute Gasteiger partial charge is 0.401 e. The second kappa shape index (κ2) is 7.28. The number of benzene rings is 2. The molecule has 2 aromatic carbocycles. The van der Waals surface area contributed by atoms with Crippen molar-refractivity contribution in [2.24, 2.45) is 0 Å². The fourth-order valence-electron chi connectivity index (χ4n) is 2.94. The maximum absolute atomic E-state index is 14.2. The summed E-state index contributed by atoms with van der Waals surface area (Å²) in [6.07, 6.45) is -4.54. The number of carbonyl (C=O) groups is 2. The minimum absolute atomic E-state index is 0.127. The van der Waals surface area contributed by atoms with Gasteiger partial charge in [-0.2, -0.15) is 13.2 Å². The molecule has 0 N–H and O–H groups in total. The van der Waals surface area contributed by atoms with Crippen molar-refractivity contribution in [1.29, 1.82) is 0 Å². The molecule has 2 aromatic rings. The van der Waals surface area contributed by atoms with Crippen LogP contribution in [0.25, 0.3) is 0 Å². The first kappa shape index (κ1) is 19.3. The molecule has 0 radical (unpaired) electrons. The van der Waals surface area contributed by atoms with Crippen LogP contribution in [0.3, 0.4) is 0 Å². The smallest absolute Gasteiger partial charge is 0.288 e. The average molecular weight is 401 g/mol. The van der Waals surface area contributed by atoms with Gasteiger partial charge in [-0.25, -0.2) is 4.39 Å². The quantitative estimate of drug-likeness (QED) is 0.562. The van der Waals surface area contributed by atoms with Gasteiger partial charge in [-0.3, -0.25) is 19.4 Å². The SMILES string of the molecule is O=C1C(=O)N(CN(Cc2ccccc2)CC(F)(F)F)c2c(F)ccc(Cl)c21. The molecule has 0 bridgehead atoms. The van der Waals surface area contributed by atoms with Crippen LogP contribution in [0.2, 0.25) is 5.02 Å². The van der Waals surface area contributed by atoms with Crippen LogP contribution in [0, 0.1) is 5.82 Å². The number of hydrogen-bond acceptors (Lipinski definition) is 3. The highest BCUT2D eigenvalue weighted by atomic mass is 35.5. The lowest BCUT2D eigenvalue weighted by molar-refractivity contribution is -0.147. The van der Waals surface area contributed by atoms with Gasteiger partial charge in [0.15, 0.2) is 0 Å². The highest BCUT2D eigenvalue weighted by Gasteiger charge is 2.42. The number of rotatable bonds is 5. The normalized spacial score (nSPS) is 14.2. The maximum atomic E-state index is 14.2. The van der Waals surface area contributed by atoms with E-state index in [1.165, 1.54) is 0 Å². The highest BCUT2D eigenvalue weighted by molar-refractivity contribution is 6.55. The number of alkyl halides is 3. The van der Waals surface area contributed by atoms with E-state index in [2.05, 4.69) is 0 Å². The molecule has 0 saturated carbocycles. The molecule has 1 amide bonds. The molecule has 0 spiro atoms. The molecule has 1 heterocycles. The fourth-order valence-corrected chi connectivity index (χ4v) is 3.18. The summed E-state index contributed by atoms with van der Waals surface area (Å²) in [5, 5.41) is -0.127. The van der Waals surface area contributed by atoms with E-state index in [-0.39, 0.29) is 17.1 Å². The Morgan fingerprint density at radius 2 is 1.70 bits per heavy atom. The Hall–Kier alpha value is -2.45. The molecule has 0 aliphatic carbocycles. The molecule has 0 fully saturated rings. The molecule has 142 valence electrons. The van der Waals surface area contributed by atoms with Crippen LogP contribution < -0.4 is 4.90 Å². The molecule has 0 unspecified atom stereocenters. The third-order valence-corrected chi connectivity index (χ3v) is 4.32. The Labute approximate surface area is 156 Å². The van der Waals surface area contributed by atoms with Crippen LogP contribution in [0.1, 0.15) is 15.9 Å². The van der Waals surface area contributed by atoms with Gasteiger partial charge in [0.05, 0.1) is 29.5 Å². The minimum Gasteiger partial charge on any atom is -0.288 e. The molecule has 3 rings (SSSR count). The van der Waals surface area contributed by atoms with Gasteiger partial charge in [0.25, 0.3) is 5.78 Å². The monoisotopic (exact) mass is 400 g/mol. The van der Waals surface area contributed by atoms with Crippen LogP contribution in [-0.2, 0) is 11.3 Å². The van der Waals surface area contributed by atoms with Gasteiger partial charge in [0.2, 0.25) is 0 Å². The van der Waals surface area contributed by atoms with E-state index in [1.54, 1.807) is 30.3 Å². The van der Waals surface area contributed by atoms with Gasteiger partial charge in [-0.15, -0.1) is 0 Å². The van der Waals surface area contributed by atoms with Crippen LogP contribution in [0.4, 0.5) is 23.2 Å². The van der Waals surface area contributed by atoms with Gasteiger partial charge in [-0.05, 0) is 17.7 Å². The third kappa shape index (κ3) is 4.12. The Bertz CT molecular complexity index is 887. The van der Waals surface area contributed by atoms with Gasteiger partial charge in [0.1, 0.15) is 5.82 Å². The van der Waals surface area contributed by atoms with E-state index in [4.69, 9.17) is 11.6 Å². The van der Waals surface area contributed by atoms with Crippen LogP contribution >= 0.6 is 11.6 Å². The van der Waals surface area contributed by atoms with Gasteiger partial charge in [-0.1, -0.05) is 41.9 Å². The van der Waals surface area contributed by atoms with Crippen molar-refractivity contribution >= 4 is 29.0 Å². The number of carbonyl (C=O) groups excluding carboxylic acids is 2. The number of Topliss-reactive ketones (excluding diaryl/α,β-unsaturated/α-hetero) is 1.